The van der Waals surface area contributed by atoms with Gasteiger partial charge in [-0.15, -0.1) is 0 Å². The first-order chi connectivity index (χ1) is 21.5. The summed E-state index contributed by atoms with van der Waals surface area (Å²) in [6, 6.07) is -8.19. The average Bonchev–Trinajstić information content (AvgIpc) is 3.52. The number of aliphatic hydroxyl groups is 3. The Hall–Kier alpha value is -4.40. The molecule has 0 radical (unpaired) electrons. The van der Waals surface area contributed by atoms with Gasteiger partial charge in [-0.2, -0.15) is 0 Å². The van der Waals surface area contributed by atoms with Crippen molar-refractivity contribution in [1.82, 2.24) is 37.2 Å². The van der Waals surface area contributed by atoms with Gasteiger partial charge in [0.25, 0.3) is 0 Å². The first kappa shape index (κ1) is 39.6. The molecule has 0 aromatic rings. The van der Waals surface area contributed by atoms with E-state index in [1.54, 1.807) is 0 Å². The van der Waals surface area contributed by atoms with Crippen molar-refractivity contribution in [3.63, 3.8) is 0 Å². The zero-order valence-corrected chi connectivity index (χ0v) is 25.7. The minimum Gasteiger partial charge on any atom is -0.480 e. The van der Waals surface area contributed by atoms with Gasteiger partial charge in [-0.3, -0.25) is 38.4 Å². The van der Waals surface area contributed by atoms with Crippen LogP contribution in [0, 0.1) is 0 Å². The van der Waals surface area contributed by atoms with Gasteiger partial charge in [-0.1, -0.05) is 0 Å². The molecular weight excluding hydrogens is 616 g/mol. The van der Waals surface area contributed by atoms with E-state index in [4.69, 9.17) is 10.8 Å². The Morgan fingerprint density at radius 2 is 1.39 bits per heavy atom. The maximum atomic E-state index is 12.8. The Kier molecular flexibility index (Phi) is 16.5. The van der Waals surface area contributed by atoms with Crippen molar-refractivity contribution in [2.75, 3.05) is 19.7 Å². The van der Waals surface area contributed by atoms with Crippen LogP contribution >= 0.6 is 0 Å². The maximum absolute atomic E-state index is 12.8. The summed E-state index contributed by atoms with van der Waals surface area (Å²) in [5.41, 5.74) is 5.09. The normalized spacial score (nSPS) is 18.7. The quantitative estimate of drug-likeness (QED) is 0.0614. The second-order valence-corrected chi connectivity index (χ2v) is 10.8. The summed E-state index contributed by atoms with van der Waals surface area (Å²) in [5, 5.41) is 55.0. The molecule has 0 saturated carbocycles. The molecule has 0 aromatic heterocycles. The van der Waals surface area contributed by atoms with Gasteiger partial charge in [0.2, 0.25) is 41.4 Å². The van der Waals surface area contributed by atoms with Crippen molar-refractivity contribution >= 4 is 47.3 Å². The molecular formula is C26H44N8O12. The van der Waals surface area contributed by atoms with Gasteiger partial charge in [0.05, 0.1) is 31.4 Å². The molecule has 1 saturated heterocycles. The van der Waals surface area contributed by atoms with Gasteiger partial charge in [0.1, 0.15) is 30.2 Å². The number of carbonyl (C=O) groups is 8. The van der Waals surface area contributed by atoms with Crippen molar-refractivity contribution in [2.24, 2.45) is 5.73 Å². The third-order valence-electron chi connectivity index (χ3n) is 6.80. The van der Waals surface area contributed by atoms with E-state index in [2.05, 4.69) is 37.2 Å². The fourth-order valence-corrected chi connectivity index (χ4v) is 4.14. The summed E-state index contributed by atoms with van der Waals surface area (Å²) in [6.45, 7) is 2.35. The van der Waals surface area contributed by atoms with Gasteiger partial charge < -0.3 is 63.4 Å². The first-order valence-electron chi connectivity index (χ1n) is 14.5. The van der Waals surface area contributed by atoms with Gasteiger partial charge >= 0.3 is 5.97 Å². The third kappa shape index (κ3) is 13.3. The molecule has 7 amide bonds. The first-order valence-corrected chi connectivity index (χ1v) is 14.5. The molecule has 20 heteroatoms. The van der Waals surface area contributed by atoms with E-state index < -0.39 is 109 Å². The molecule has 13 N–H and O–H groups in total. The summed E-state index contributed by atoms with van der Waals surface area (Å²) in [5.74, 6) is -7.84. The molecule has 1 heterocycles. The lowest BCUT2D eigenvalue weighted by Gasteiger charge is -2.27. The van der Waals surface area contributed by atoms with E-state index in [9.17, 15) is 53.7 Å². The van der Waals surface area contributed by atoms with E-state index in [1.807, 2.05) is 0 Å². The van der Waals surface area contributed by atoms with Crippen LogP contribution in [0.15, 0.2) is 0 Å². The molecule has 0 bridgehead atoms. The van der Waals surface area contributed by atoms with Crippen molar-refractivity contribution in [3.8, 4) is 0 Å². The number of carbonyl (C=O) groups excluding carboxylic acids is 7. The fourth-order valence-electron chi connectivity index (χ4n) is 4.14. The van der Waals surface area contributed by atoms with Gasteiger partial charge in [0, 0.05) is 6.42 Å². The predicted octanol–water partition coefficient (Wildman–Crippen LogP) is -6.60. The highest BCUT2D eigenvalue weighted by atomic mass is 16.4. The predicted molar refractivity (Wildman–Crippen MR) is 156 cm³/mol. The topological polar surface area (TPSA) is 328 Å². The number of aliphatic hydroxyl groups excluding tert-OH is 3. The van der Waals surface area contributed by atoms with Crippen molar-refractivity contribution in [2.45, 2.75) is 94.9 Å². The monoisotopic (exact) mass is 660 g/mol. The maximum Gasteiger partial charge on any atom is 0.325 e. The second-order valence-electron chi connectivity index (χ2n) is 10.8. The summed E-state index contributed by atoms with van der Waals surface area (Å²) in [4.78, 5) is 97.9. The van der Waals surface area contributed by atoms with Crippen LogP contribution in [0.4, 0.5) is 0 Å². The number of hydrogen-bond donors (Lipinski definition) is 12. The minimum atomic E-state index is -1.71. The minimum absolute atomic E-state index is 0.287. The Morgan fingerprint density at radius 3 is 1.89 bits per heavy atom. The zero-order chi connectivity index (χ0) is 35.1. The van der Waals surface area contributed by atoms with Gasteiger partial charge in [-0.05, 0) is 46.6 Å². The second kappa shape index (κ2) is 19.2. The number of aliphatic carboxylic acids is 1. The van der Waals surface area contributed by atoms with Crippen molar-refractivity contribution in [1.29, 1.82) is 0 Å². The number of amides is 7. The van der Waals surface area contributed by atoms with Crippen LogP contribution in [0.25, 0.3) is 0 Å². The Balaban J connectivity index is 2.83. The number of hydrogen-bond acceptors (Lipinski definition) is 12. The lowest BCUT2D eigenvalue weighted by Crippen LogP contribution is -2.62. The fraction of sp³-hybridized carbons (Fsp3) is 0.692. The summed E-state index contributed by atoms with van der Waals surface area (Å²) < 4.78 is 0. The van der Waals surface area contributed by atoms with E-state index in [-0.39, 0.29) is 12.8 Å². The highest BCUT2D eigenvalue weighted by Gasteiger charge is 2.34. The SMILES string of the molecule is C[C@H](NC(=O)[C@H](CCC(N)=O)NC(=O)CNC(=O)[C@@H](NC(=O)[C@H](CO)NC(=O)[C@@H](NC(=O)[C@@H]1CCCN1)[C@@H](C)O)[C@@H](C)O)C(=O)O. The number of carboxylic acid groups (broad SMARTS) is 1. The lowest BCUT2D eigenvalue weighted by atomic mass is 10.1. The number of carboxylic acids is 1. The Bertz CT molecular complexity index is 1130. The lowest BCUT2D eigenvalue weighted by molar-refractivity contribution is -0.142. The van der Waals surface area contributed by atoms with E-state index in [0.29, 0.717) is 13.0 Å². The number of nitrogens with one attached hydrogen (secondary N) is 7. The highest BCUT2D eigenvalue weighted by molar-refractivity contribution is 5.96. The highest BCUT2D eigenvalue weighted by Crippen LogP contribution is 2.06. The van der Waals surface area contributed by atoms with Crippen LogP contribution in [-0.2, 0) is 38.4 Å². The van der Waals surface area contributed by atoms with Crippen LogP contribution in [0.1, 0.15) is 46.5 Å². The third-order valence-corrected chi connectivity index (χ3v) is 6.80. The van der Waals surface area contributed by atoms with E-state index >= 15 is 0 Å². The largest absolute Gasteiger partial charge is 0.480 e. The van der Waals surface area contributed by atoms with Crippen LogP contribution in [0.5, 0.6) is 0 Å². The zero-order valence-electron chi connectivity index (χ0n) is 25.7. The van der Waals surface area contributed by atoms with Crippen LogP contribution in [-0.4, -0.2) is 136 Å². The van der Waals surface area contributed by atoms with Crippen LogP contribution < -0.4 is 43.0 Å². The molecule has 0 unspecified atom stereocenters. The number of primary amides is 1. The van der Waals surface area contributed by atoms with Crippen molar-refractivity contribution < 1.29 is 58.8 Å². The molecule has 0 aromatic carbocycles. The van der Waals surface area contributed by atoms with E-state index in [1.165, 1.54) is 13.8 Å². The molecule has 20 nitrogen and oxygen atoms in total. The molecule has 1 fully saturated rings. The smallest absolute Gasteiger partial charge is 0.325 e. The Labute approximate surface area is 264 Å². The molecule has 0 aliphatic carbocycles. The van der Waals surface area contributed by atoms with Gasteiger partial charge in [-0.25, -0.2) is 0 Å². The average molecular weight is 661 g/mol. The molecule has 0 spiro atoms. The Morgan fingerprint density at radius 1 is 0.804 bits per heavy atom. The molecule has 1 aliphatic rings. The standard InChI is InChI=1S/C26H44N8O12/c1-11(26(45)46)30-22(41)15(6-7-17(27)38)31-18(39)9-29-24(43)19(12(2)36)33-23(42)16(10-35)32-25(44)20(13(3)37)34-21(40)14-5-4-8-28-14/h11-16,19-20,28,35-37H,4-10H2,1-3H3,(H2,27,38)(H,29,43)(H,30,41)(H,31,39)(H,32,44)(H,33,42)(H,34,40)(H,45,46)/t11-,12+,13+,14-,15-,16-,19-,20-/m0/s1. The summed E-state index contributed by atoms with van der Waals surface area (Å²) in [6.07, 6.45) is -2.32. The molecule has 46 heavy (non-hydrogen) atoms. The molecule has 260 valence electrons. The molecule has 8 atom stereocenters. The number of nitrogens with two attached hydrogens (primary N) is 1. The number of rotatable bonds is 19. The van der Waals surface area contributed by atoms with Gasteiger partial charge in [0.15, 0.2) is 0 Å². The molecule has 1 aliphatic heterocycles. The molecule has 1 rings (SSSR count). The van der Waals surface area contributed by atoms with E-state index in [0.717, 1.165) is 13.3 Å². The summed E-state index contributed by atoms with van der Waals surface area (Å²) >= 11 is 0. The summed E-state index contributed by atoms with van der Waals surface area (Å²) in [7, 11) is 0. The van der Waals surface area contributed by atoms with Crippen LogP contribution in [0.2, 0.25) is 0 Å². The van der Waals surface area contributed by atoms with Crippen LogP contribution in [0.3, 0.4) is 0 Å². The van der Waals surface area contributed by atoms with Crippen molar-refractivity contribution in [3.05, 3.63) is 0 Å².